The molecule has 12 heavy (non-hydrogen) atoms. The maximum Gasteiger partial charge on any atom is 0.185 e. The van der Waals surface area contributed by atoms with Crippen molar-refractivity contribution in [1.82, 2.24) is 0 Å². The first-order chi connectivity index (χ1) is 5.50. The number of hydrogen-bond acceptors (Lipinski definition) is 2. The molecule has 0 atom stereocenters. The van der Waals surface area contributed by atoms with Crippen LogP contribution in [0.5, 0.6) is 0 Å². The summed E-state index contributed by atoms with van der Waals surface area (Å²) in [5.74, 6) is -0.140. The Morgan fingerprint density at radius 2 is 1.67 bits per heavy atom. The monoisotopic (exact) mass is 174 g/mol. The molecule has 0 fully saturated rings. The van der Waals surface area contributed by atoms with Gasteiger partial charge in [-0.25, -0.2) is 0 Å². The van der Waals surface area contributed by atoms with Gasteiger partial charge in [-0.3, -0.25) is 10.4 Å². The van der Waals surface area contributed by atoms with Gasteiger partial charge in [0.1, 0.15) is 0 Å². The quantitative estimate of drug-likeness (QED) is 0.210. The molecule has 0 unspecified atom stereocenters. The van der Waals surface area contributed by atoms with Gasteiger partial charge in [-0.15, -0.1) is 0 Å². The van der Waals surface area contributed by atoms with Crippen molar-refractivity contribution in [3.8, 4) is 0 Å². The molecule has 0 radical (unpaired) electrons. The van der Waals surface area contributed by atoms with Crippen molar-refractivity contribution in [1.29, 1.82) is 5.41 Å². The molecule has 9 N–H and O–H groups in total. The predicted molar refractivity (Wildman–Crippen MR) is 51.7 cm³/mol. The Bertz CT molecular complexity index is 133. The van der Waals surface area contributed by atoms with Crippen molar-refractivity contribution in [3.05, 3.63) is 0 Å². The van der Waals surface area contributed by atoms with Crippen LogP contribution in [0, 0.1) is 5.41 Å². The lowest BCUT2D eigenvalue weighted by Gasteiger charge is -1.89. The first-order valence-electron chi connectivity index (χ1n) is 3.65. The fourth-order valence-electron chi connectivity index (χ4n) is 0.366. The summed E-state index contributed by atoms with van der Waals surface area (Å²) >= 11 is 0. The van der Waals surface area contributed by atoms with Crippen LogP contribution in [0.25, 0.3) is 0 Å². The molecule has 0 aromatic rings. The molecule has 0 rings (SSSR count). The van der Waals surface area contributed by atoms with Crippen LogP contribution in [0.1, 0.15) is 19.8 Å². The number of aliphatic imine (C=N–C) groups is 1. The summed E-state index contributed by atoms with van der Waals surface area (Å²) < 4.78 is 0. The highest BCUT2D eigenvalue weighted by Gasteiger charge is 1.79. The van der Waals surface area contributed by atoms with Crippen molar-refractivity contribution < 1.29 is 0 Å². The standard InChI is InChI=1S/C5H13N3.CH5N3/c1-2-3-4-8-5(6)7;2-1(3)4/h2-4H2,1H3,(H4,6,7,8);(H5,2,3,4). The highest BCUT2D eigenvalue weighted by molar-refractivity contribution is 5.75. The van der Waals surface area contributed by atoms with E-state index in [-0.39, 0.29) is 11.9 Å². The molecule has 0 aromatic heterocycles. The molecule has 0 amide bonds. The first kappa shape index (κ1) is 13.2. The van der Waals surface area contributed by atoms with Crippen molar-refractivity contribution in [2.45, 2.75) is 19.8 Å². The lowest BCUT2D eigenvalue weighted by molar-refractivity contribution is 0.806. The predicted octanol–water partition coefficient (Wildman–Crippen LogP) is -1.10. The normalized spacial score (nSPS) is 7.75. The maximum atomic E-state index is 6.06. The number of nitrogens with zero attached hydrogens (tertiary/aromatic N) is 1. The minimum absolute atomic E-state index is 0.193. The summed E-state index contributed by atoms with van der Waals surface area (Å²) in [5.41, 5.74) is 19.1. The van der Waals surface area contributed by atoms with E-state index >= 15 is 0 Å². The number of rotatable bonds is 3. The summed E-state index contributed by atoms with van der Waals surface area (Å²) in [6, 6.07) is 0. The number of unbranched alkanes of at least 4 members (excludes halogenated alkanes) is 1. The van der Waals surface area contributed by atoms with E-state index in [0.717, 1.165) is 19.4 Å². The molecular weight excluding hydrogens is 156 g/mol. The summed E-state index contributed by atoms with van der Waals surface area (Å²) in [5, 5.41) is 6.06. The van der Waals surface area contributed by atoms with Crippen LogP contribution in [-0.4, -0.2) is 18.5 Å². The van der Waals surface area contributed by atoms with Crippen molar-refractivity contribution >= 4 is 11.9 Å². The minimum atomic E-state index is -0.333. The average molecular weight is 174 g/mol. The van der Waals surface area contributed by atoms with Gasteiger partial charge in [-0.1, -0.05) is 13.3 Å². The smallest absolute Gasteiger partial charge is 0.185 e. The lowest BCUT2D eigenvalue weighted by atomic mass is 10.3. The Labute approximate surface area is 72.5 Å². The van der Waals surface area contributed by atoms with E-state index in [1.165, 1.54) is 0 Å². The third kappa shape index (κ3) is 38.7. The fraction of sp³-hybridized carbons (Fsp3) is 0.667. The topological polar surface area (TPSA) is 140 Å². The summed E-state index contributed by atoms with van der Waals surface area (Å²) in [6.07, 6.45) is 2.20. The van der Waals surface area contributed by atoms with Crippen LogP contribution in [0.3, 0.4) is 0 Å². The third-order valence-corrected chi connectivity index (χ3v) is 0.806. The first-order valence-corrected chi connectivity index (χ1v) is 3.65. The van der Waals surface area contributed by atoms with E-state index in [1.807, 2.05) is 0 Å². The SMILES string of the molecule is CCCCN=C(N)N.N=C(N)N. The maximum absolute atomic E-state index is 6.06. The second-order valence-corrected chi connectivity index (χ2v) is 2.12. The molecular formula is C6H18N6. The zero-order valence-electron chi connectivity index (χ0n) is 7.38. The second kappa shape index (κ2) is 9.54. The summed E-state index contributed by atoms with van der Waals surface area (Å²) in [4.78, 5) is 3.79. The number of guanidine groups is 2. The Kier molecular flexibility index (Phi) is 10.5. The molecule has 6 nitrogen and oxygen atoms in total. The van der Waals surface area contributed by atoms with E-state index in [0.29, 0.717) is 0 Å². The van der Waals surface area contributed by atoms with Gasteiger partial charge >= 0.3 is 0 Å². The van der Waals surface area contributed by atoms with E-state index in [4.69, 9.17) is 16.9 Å². The van der Waals surface area contributed by atoms with Crippen LogP contribution in [0.4, 0.5) is 0 Å². The molecule has 0 aliphatic carbocycles. The zero-order chi connectivity index (χ0) is 9.98. The van der Waals surface area contributed by atoms with E-state index < -0.39 is 0 Å². The Morgan fingerprint density at radius 3 is 1.92 bits per heavy atom. The Hall–Kier alpha value is -1.46. The van der Waals surface area contributed by atoms with Crippen LogP contribution in [-0.2, 0) is 0 Å². The van der Waals surface area contributed by atoms with Crippen molar-refractivity contribution in [2.24, 2.45) is 27.9 Å². The minimum Gasteiger partial charge on any atom is -0.370 e. The van der Waals surface area contributed by atoms with Gasteiger partial charge in [0.2, 0.25) is 0 Å². The van der Waals surface area contributed by atoms with Gasteiger partial charge in [0.25, 0.3) is 0 Å². The van der Waals surface area contributed by atoms with Gasteiger partial charge < -0.3 is 22.9 Å². The average Bonchev–Trinajstić information content (AvgIpc) is 1.86. The molecule has 0 heterocycles. The van der Waals surface area contributed by atoms with Gasteiger partial charge in [0, 0.05) is 6.54 Å². The number of nitrogens with one attached hydrogen (secondary N) is 1. The highest BCUT2D eigenvalue weighted by Crippen LogP contribution is 1.84. The van der Waals surface area contributed by atoms with Gasteiger partial charge in [-0.2, -0.15) is 0 Å². The number of nitrogens with two attached hydrogens (primary N) is 4. The number of hydrogen-bond donors (Lipinski definition) is 5. The van der Waals surface area contributed by atoms with Crippen LogP contribution >= 0.6 is 0 Å². The van der Waals surface area contributed by atoms with Crippen LogP contribution in [0.2, 0.25) is 0 Å². The summed E-state index contributed by atoms with van der Waals surface area (Å²) in [7, 11) is 0. The van der Waals surface area contributed by atoms with E-state index in [9.17, 15) is 0 Å². The highest BCUT2D eigenvalue weighted by atomic mass is 15.0. The van der Waals surface area contributed by atoms with Crippen LogP contribution < -0.4 is 22.9 Å². The van der Waals surface area contributed by atoms with Gasteiger partial charge in [0.05, 0.1) is 0 Å². The Balaban J connectivity index is 0. The second-order valence-electron chi connectivity index (χ2n) is 2.12. The molecule has 72 valence electrons. The molecule has 0 spiro atoms. The summed E-state index contributed by atoms with van der Waals surface area (Å²) in [6.45, 7) is 2.86. The molecule has 0 saturated heterocycles. The van der Waals surface area contributed by atoms with Crippen LogP contribution in [0.15, 0.2) is 4.99 Å². The third-order valence-electron chi connectivity index (χ3n) is 0.806. The largest absolute Gasteiger partial charge is 0.370 e. The molecule has 6 heteroatoms. The molecule has 0 aromatic carbocycles. The fourth-order valence-corrected chi connectivity index (χ4v) is 0.366. The van der Waals surface area contributed by atoms with Crippen molar-refractivity contribution in [3.63, 3.8) is 0 Å². The van der Waals surface area contributed by atoms with Gasteiger partial charge in [-0.05, 0) is 6.42 Å². The molecule has 0 bridgehead atoms. The van der Waals surface area contributed by atoms with E-state index in [1.54, 1.807) is 0 Å². The Morgan fingerprint density at radius 1 is 1.25 bits per heavy atom. The zero-order valence-corrected chi connectivity index (χ0v) is 7.38. The molecule has 0 saturated carbocycles. The van der Waals surface area contributed by atoms with E-state index in [2.05, 4.69) is 23.4 Å². The molecule has 0 aliphatic rings. The molecule has 0 aliphatic heterocycles. The van der Waals surface area contributed by atoms with Gasteiger partial charge in [0.15, 0.2) is 11.9 Å². The lowest BCUT2D eigenvalue weighted by Crippen LogP contribution is -2.22. The van der Waals surface area contributed by atoms with Crippen molar-refractivity contribution in [2.75, 3.05) is 6.54 Å².